The Morgan fingerprint density at radius 3 is 1.76 bits per heavy atom. The maximum atomic E-state index is 13.3. The number of carbonyl (C=O) groups is 2. The van der Waals surface area contributed by atoms with Gasteiger partial charge in [-0.15, -0.1) is 0 Å². The van der Waals surface area contributed by atoms with Gasteiger partial charge in [0.05, 0.1) is 5.03 Å². The standard InChI is InChI=1S/C58H104ClNO6/c1-5-7-9-11-13-15-17-21-30-46-64-55(65-47-31-22-18-16-14-12-10-8-6-2)33-25-23-27-43-60(44-28-29-45-61)42-26-20-19-24-32-54(63)66-53-37-36-49-48-34-35-51-56(59)52(62)39-41-57(51,3)50(48)38-40-58(49,53)4/h48-50,53,55,61H,5-47H2,1-4H3. The number of unbranched alkanes of at least 4 members (excludes halogenated alkanes) is 22. The number of fused-ring (bicyclic) bond motifs is 5. The number of hydrogen-bond acceptors (Lipinski definition) is 7. The first-order valence-corrected chi connectivity index (χ1v) is 29.2. The third-order valence-electron chi connectivity index (χ3n) is 17.2. The molecule has 0 bridgehead atoms. The Balaban J connectivity index is 1.09. The molecule has 8 heteroatoms. The van der Waals surface area contributed by atoms with Gasteiger partial charge in [-0.25, -0.2) is 0 Å². The lowest BCUT2D eigenvalue weighted by Crippen LogP contribution is -2.52. The van der Waals surface area contributed by atoms with Gasteiger partial charge >= 0.3 is 5.97 Å². The lowest BCUT2D eigenvalue weighted by molar-refractivity contribution is -0.160. The lowest BCUT2D eigenvalue weighted by Gasteiger charge is -2.58. The molecule has 3 fully saturated rings. The molecular formula is C58H104ClNO6. The van der Waals surface area contributed by atoms with Crippen LogP contribution in [-0.2, 0) is 23.8 Å². The third kappa shape index (κ3) is 19.7. The van der Waals surface area contributed by atoms with Crippen LogP contribution in [0.5, 0.6) is 0 Å². The first kappa shape index (κ1) is 57.6. The number of aliphatic hydroxyl groups is 1. The number of aliphatic hydroxyl groups excluding tert-OH is 1. The number of rotatable bonds is 40. The first-order chi connectivity index (χ1) is 32.2. The van der Waals surface area contributed by atoms with Gasteiger partial charge < -0.3 is 24.2 Å². The zero-order valence-corrected chi connectivity index (χ0v) is 44.4. The average molecular weight is 947 g/mol. The third-order valence-corrected chi connectivity index (χ3v) is 17.7. The molecule has 0 aromatic rings. The molecule has 0 aliphatic heterocycles. The summed E-state index contributed by atoms with van der Waals surface area (Å²) >= 11 is 6.64. The minimum absolute atomic E-state index is 0.00179. The van der Waals surface area contributed by atoms with Crippen molar-refractivity contribution < 1.29 is 28.9 Å². The van der Waals surface area contributed by atoms with Gasteiger partial charge in [0.15, 0.2) is 12.1 Å². The molecule has 7 nitrogen and oxygen atoms in total. The van der Waals surface area contributed by atoms with Crippen molar-refractivity contribution in [2.24, 2.45) is 28.6 Å². The molecule has 3 saturated carbocycles. The molecule has 4 aliphatic carbocycles. The molecule has 0 amide bonds. The van der Waals surface area contributed by atoms with E-state index in [0.717, 1.165) is 142 Å². The van der Waals surface area contributed by atoms with Gasteiger partial charge in [0.25, 0.3) is 0 Å². The van der Waals surface area contributed by atoms with Crippen molar-refractivity contribution in [2.75, 3.05) is 39.5 Å². The Labute approximate surface area is 411 Å². The average Bonchev–Trinajstić information content (AvgIpc) is 3.64. The first-order valence-electron chi connectivity index (χ1n) is 28.9. The van der Waals surface area contributed by atoms with Crippen LogP contribution in [0.3, 0.4) is 0 Å². The molecule has 0 spiro atoms. The van der Waals surface area contributed by atoms with Crippen LogP contribution < -0.4 is 0 Å². The number of hydrogen-bond donors (Lipinski definition) is 1. The fourth-order valence-electron chi connectivity index (χ4n) is 13.0. The van der Waals surface area contributed by atoms with Crippen LogP contribution in [0.1, 0.15) is 265 Å². The molecule has 6 atom stereocenters. The number of carbonyl (C=O) groups excluding carboxylic acids is 2. The molecular weight excluding hydrogens is 842 g/mol. The number of ketones is 1. The molecule has 0 radical (unpaired) electrons. The number of esters is 1. The van der Waals surface area contributed by atoms with E-state index < -0.39 is 0 Å². The van der Waals surface area contributed by atoms with Crippen LogP contribution in [-0.4, -0.2) is 73.6 Å². The molecule has 0 aromatic carbocycles. The Kier molecular flexibility index (Phi) is 29.3. The van der Waals surface area contributed by atoms with E-state index in [-0.39, 0.29) is 41.6 Å². The molecule has 6 unspecified atom stereocenters. The summed E-state index contributed by atoms with van der Waals surface area (Å²) in [5.41, 5.74) is 1.35. The summed E-state index contributed by atoms with van der Waals surface area (Å²) in [6.45, 7) is 14.5. The van der Waals surface area contributed by atoms with E-state index >= 15 is 0 Å². The topological polar surface area (TPSA) is 85.3 Å². The largest absolute Gasteiger partial charge is 0.462 e. The summed E-state index contributed by atoms with van der Waals surface area (Å²) in [6, 6.07) is 0. The van der Waals surface area contributed by atoms with Gasteiger partial charge in [0.1, 0.15) is 6.10 Å². The second-order valence-corrected chi connectivity index (χ2v) is 22.6. The molecule has 384 valence electrons. The second kappa shape index (κ2) is 33.6. The van der Waals surface area contributed by atoms with Crippen molar-refractivity contribution in [3.63, 3.8) is 0 Å². The lowest BCUT2D eigenvalue weighted by atomic mass is 9.47. The monoisotopic (exact) mass is 946 g/mol. The zero-order valence-electron chi connectivity index (χ0n) is 43.6. The van der Waals surface area contributed by atoms with E-state index in [9.17, 15) is 14.7 Å². The van der Waals surface area contributed by atoms with Crippen LogP contribution >= 0.6 is 11.6 Å². The van der Waals surface area contributed by atoms with Gasteiger partial charge in [-0.2, -0.15) is 0 Å². The summed E-state index contributed by atoms with van der Waals surface area (Å²) in [6.07, 6.45) is 43.0. The quantitative estimate of drug-likeness (QED) is 0.0372. The van der Waals surface area contributed by atoms with Crippen LogP contribution in [0.4, 0.5) is 0 Å². The van der Waals surface area contributed by atoms with E-state index in [4.69, 9.17) is 25.8 Å². The molecule has 1 N–H and O–H groups in total. The van der Waals surface area contributed by atoms with E-state index in [2.05, 4.69) is 32.6 Å². The molecule has 0 saturated heterocycles. The zero-order chi connectivity index (χ0) is 47.3. The van der Waals surface area contributed by atoms with E-state index in [1.807, 2.05) is 0 Å². The van der Waals surface area contributed by atoms with Crippen LogP contribution in [0, 0.1) is 28.6 Å². The Bertz CT molecular complexity index is 1320. The summed E-state index contributed by atoms with van der Waals surface area (Å²) in [5.74, 6) is 1.94. The molecule has 0 heterocycles. The summed E-state index contributed by atoms with van der Waals surface area (Å²) in [7, 11) is 0. The Morgan fingerprint density at radius 2 is 1.17 bits per heavy atom. The van der Waals surface area contributed by atoms with Crippen molar-refractivity contribution in [1.82, 2.24) is 4.90 Å². The van der Waals surface area contributed by atoms with Gasteiger partial charge in [0, 0.05) is 38.1 Å². The Morgan fingerprint density at radius 1 is 0.636 bits per heavy atom. The van der Waals surface area contributed by atoms with Crippen molar-refractivity contribution in [2.45, 2.75) is 278 Å². The summed E-state index contributed by atoms with van der Waals surface area (Å²) in [4.78, 5) is 28.3. The van der Waals surface area contributed by atoms with Crippen LogP contribution in [0.2, 0.25) is 0 Å². The van der Waals surface area contributed by atoms with Gasteiger partial charge in [-0.05, 0) is 151 Å². The molecule has 66 heavy (non-hydrogen) atoms. The smallest absolute Gasteiger partial charge is 0.306 e. The van der Waals surface area contributed by atoms with E-state index in [1.54, 1.807) is 0 Å². The normalized spacial score (nSPS) is 25.2. The fourth-order valence-corrected chi connectivity index (χ4v) is 13.5. The number of nitrogens with zero attached hydrogens (tertiary/aromatic N) is 1. The predicted octanol–water partition coefficient (Wildman–Crippen LogP) is 16.0. The van der Waals surface area contributed by atoms with Crippen molar-refractivity contribution in [1.29, 1.82) is 0 Å². The Hall–Kier alpha value is -0.990. The minimum Gasteiger partial charge on any atom is -0.462 e. The van der Waals surface area contributed by atoms with Gasteiger partial charge in [-0.1, -0.05) is 161 Å². The van der Waals surface area contributed by atoms with Crippen LogP contribution in [0.15, 0.2) is 10.6 Å². The van der Waals surface area contributed by atoms with Crippen molar-refractivity contribution in [3.8, 4) is 0 Å². The number of ether oxygens (including phenoxy) is 3. The van der Waals surface area contributed by atoms with Crippen molar-refractivity contribution in [3.05, 3.63) is 10.6 Å². The minimum atomic E-state index is -0.0671. The van der Waals surface area contributed by atoms with Crippen molar-refractivity contribution >= 4 is 23.4 Å². The summed E-state index contributed by atoms with van der Waals surface area (Å²) < 4.78 is 19.1. The van der Waals surface area contributed by atoms with Crippen LogP contribution in [0.25, 0.3) is 0 Å². The van der Waals surface area contributed by atoms with E-state index in [1.165, 1.54) is 121 Å². The maximum absolute atomic E-state index is 13.3. The highest BCUT2D eigenvalue weighted by Crippen LogP contribution is 2.66. The van der Waals surface area contributed by atoms with Gasteiger partial charge in [0.2, 0.25) is 0 Å². The highest BCUT2D eigenvalue weighted by atomic mass is 35.5. The molecule has 0 aromatic heterocycles. The maximum Gasteiger partial charge on any atom is 0.306 e. The number of allylic oxidation sites excluding steroid dienone is 1. The highest BCUT2D eigenvalue weighted by Gasteiger charge is 2.60. The number of Topliss-reactive ketones (excluding diaryl/α,β-unsaturated/α-hetero) is 1. The van der Waals surface area contributed by atoms with E-state index in [0.29, 0.717) is 35.6 Å². The second-order valence-electron chi connectivity index (χ2n) is 22.3. The SMILES string of the molecule is CCCCCCCCCCCOC(CCCCCN(CCCCO)CCCCCCC(=O)OC1CCC2C3CCC4=C(Cl)C(=O)CCC4(C)C3CCC12C)OCCCCCCCCCCC. The molecule has 4 rings (SSSR count). The molecule has 4 aliphatic rings. The summed E-state index contributed by atoms with van der Waals surface area (Å²) in [5, 5.41) is 10.0. The number of halogens is 1. The fraction of sp³-hybridized carbons (Fsp3) is 0.931. The highest BCUT2D eigenvalue weighted by molar-refractivity contribution is 6.43. The predicted molar refractivity (Wildman–Crippen MR) is 276 cm³/mol. The van der Waals surface area contributed by atoms with Gasteiger partial charge in [-0.3, -0.25) is 9.59 Å².